The van der Waals surface area contributed by atoms with Crippen LogP contribution in [-0.2, 0) is 5.60 Å². The van der Waals surface area contributed by atoms with E-state index in [4.69, 9.17) is 14.2 Å². The summed E-state index contributed by atoms with van der Waals surface area (Å²) < 4.78 is 17.8. The Morgan fingerprint density at radius 2 is 1.19 bits per heavy atom. The molecule has 1 aliphatic heterocycles. The Balaban J connectivity index is 1.76. The molecule has 32 heavy (non-hydrogen) atoms. The number of rotatable bonds is 4. The Bertz CT molecular complexity index is 1270. The number of fused-ring (bicyclic) bond motifs is 3. The smallest absolute Gasteiger partial charge is 0.178 e. The zero-order valence-corrected chi connectivity index (χ0v) is 18.8. The first-order valence-corrected chi connectivity index (χ1v) is 10.8. The van der Waals surface area contributed by atoms with Crippen molar-refractivity contribution in [2.45, 2.75) is 19.4 Å². The van der Waals surface area contributed by atoms with Gasteiger partial charge in [-0.1, -0.05) is 54.6 Å². The fourth-order valence-corrected chi connectivity index (χ4v) is 4.59. The van der Waals surface area contributed by atoms with Crippen molar-refractivity contribution in [1.29, 1.82) is 0 Å². The Kier molecular flexibility index (Phi) is 4.90. The molecule has 0 atom stereocenters. The standard InChI is InChI=1S/C29H26O3/c1-19-20(2)26-17-18-29(21-9-13-23(30-3)14-10-21,22-11-15-24(31-4)16-12-22)32-28(26)27-8-6-5-7-25(19)27/h5-18H,1-4H3. The van der Waals surface area contributed by atoms with Crippen LogP contribution < -0.4 is 14.2 Å². The molecule has 0 bridgehead atoms. The summed E-state index contributed by atoms with van der Waals surface area (Å²) >= 11 is 0. The van der Waals surface area contributed by atoms with Gasteiger partial charge < -0.3 is 14.2 Å². The molecule has 0 N–H and O–H groups in total. The lowest BCUT2D eigenvalue weighted by atomic mass is 9.82. The molecule has 0 saturated carbocycles. The molecule has 3 nitrogen and oxygen atoms in total. The molecule has 4 aromatic rings. The van der Waals surface area contributed by atoms with Crippen LogP contribution in [0.3, 0.4) is 0 Å². The van der Waals surface area contributed by atoms with Crippen LogP contribution in [0.15, 0.2) is 78.9 Å². The van der Waals surface area contributed by atoms with Gasteiger partial charge in [-0.25, -0.2) is 0 Å². The van der Waals surface area contributed by atoms with Gasteiger partial charge in [0.15, 0.2) is 5.60 Å². The highest BCUT2D eigenvalue weighted by Crippen LogP contribution is 2.47. The third-order valence-corrected chi connectivity index (χ3v) is 6.57. The number of ether oxygens (including phenoxy) is 3. The first-order chi connectivity index (χ1) is 15.6. The molecule has 4 aromatic carbocycles. The van der Waals surface area contributed by atoms with E-state index in [2.05, 4.69) is 74.5 Å². The molecule has 0 fully saturated rings. The molecule has 0 amide bonds. The lowest BCUT2D eigenvalue weighted by Gasteiger charge is -2.37. The molecule has 1 heterocycles. The third-order valence-electron chi connectivity index (χ3n) is 6.57. The van der Waals surface area contributed by atoms with E-state index in [1.807, 2.05) is 24.3 Å². The molecule has 5 rings (SSSR count). The maximum absolute atomic E-state index is 7.02. The van der Waals surface area contributed by atoms with Crippen molar-refractivity contribution in [3.8, 4) is 17.2 Å². The zero-order valence-electron chi connectivity index (χ0n) is 18.8. The average Bonchev–Trinajstić information content (AvgIpc) is 2.87. The van der Waals surface area contributed by atoms with E-state index in [-0.39, 0.29) is 0 Å². The van der Waals surface area contributed by atoms with E-state index in [0.29, 0.717) is 0 Å². The highest BCUT2D eigenvalue weighted by Gasteiger charge is 2.38. The van der Waals surface area contributed by atoms with Gasteiger partial charge in [0.1, 0.15) is 17.2 Å². The van der Waals surface area contributed by atoms with Crippen LogP contribution in [0.25, 0.3) is 16.8 Å². The van der Waals surface area contributed by atoms with Crippen molar-refractivity contribution in [3.63, 3.8) is 0 Å². The van der Waals surface area contributed by atoms with Gasteiger partial charge in [0.25, 0.3) is 0 Å². The Hall–Kier alpha value is -3.72. The van der Waals surface area contributed by atoms with Gasteiger partial charge in [-0.15, -0.1) is 0 Å². The minimum atomic E-state index is -0.768. The van der Waals surface area contributed by atoms with Crippen LogP contribution in [0.1, 0.15) is 27.8 Å². The van der Waals surface area contributed by atoms with E-state index in [0.717, 1.165) is 39.3 Å². The second kappa shape index (κ2) is 7.76. The molecule has 0 unspecified atom stereocenters. The second-order valence-electron chi connectivity index (χ2n) is 8.17. The maximum atomic E-state index is 7.02. The minimum absolute atomic E-state index is 0.768. The van der Waals surface area contributed by atoms with Crippen LogP contribution >= 0.6 is 0 Å². The SMILES string of the molecule is COc1ccc(C2(c3ccc(OC)cc3)C=Cc3c(C)c(C)c4ccccc4c3O2)cc1. The predicted molar refractivity (Wildman–Crippen MR) is 130 cm³/mol. The summed E-state index contributed by atoms with van der Waals surface area (Å²) in [6, 6.07) is 24.7. The highest BCUT2D eigenvalue weighted by atomic mass is 16.5. The molecular weight excluding hydrogens is 396 g/mol. The van der Waals surface area contributed by atoms with E-state index >= 15 is 0 Å². The molecule has 0 spiro atoms. The van der Waals surface area contributed by atoms with E-state index in [1.165, 1.54) is 16.5 Å². The van der Waals surface area contributed by atoms with Gasteiger partial charge in [-0.2, -0.15) is 0 Å². The van der Waals surface area contributed by atoms with Gasteiger partial charge in [-0.3, -0.25) is 0 Å². The van der Waals surface area contributed by atoms with Crippen LogP contribution in [-0.4, -0.2) is 14.2 Å². The van der Waals surface area contributed by atoms with E-state index in [1.54, 1.807) is 14.2 Å². The van der Waals surface area contributed by atoms with Gasteiger partial charge >= 0.3 is 0 Å². The highest BCUT2D eigenvalue weighted by molar-refractivity contribution is 5.96. The zero-order chi connectivity index (χ0) is 22.3. The first-order valence-electron chi connectivity index (χ1n) is 10.8. The summed E-state index contributed by atoms with van der Waals surface area (Å²) in [4.78, 5) is 0. The minimum Gasteiger partial charge on any atom is -0.497 e. The Morgan fingerprint density at radius 3 is 1.72 bits per heavy atom. The van der Waals surface area contributed by atoms with Crippen LogP contribution in [0.4, 0.5) is 0 Å². The predicted octanol–water partition coefficient (Wildman–Crippen LogP) is 6.82. The fourth-order valence-electron chi connectivity index (χ4n) is 4.59. The van der Waals surface area contributed by atoms with E-state index < -0.39 is 5.60 Å². The van der Waals surface area contributed by atoms with Crippen LogP contribution in [0, 0.1) is 13.8 Å². The largest absolute Gasteiger partial charge is 0.497 e. The van der Waals surface area contributed by atoms with Gasteiger partial charge in [0, 0.05) is 22.1 Å². The normalized spacial score (nSPS) is 14.0. The molecule has 1 aliphatic rings. The van der Waals surface area contributed by atoms with Crippen molar-refractivity contribution >= 4 is 16.8 Å². The summed E-state index contributed by atoms with van der Waals surface area (Å²) in [6.45, 7) is 4.35. The summed E-state index contributed by atoms with van der Waals surface area (Å²) in [6.07, 6.45) is 4.38. The molecule has 160 valence electrons. The molecule has 0 saturated heterocycles. The number of hydrogen-bond donors (Lipinski definition) is 0. The number of aryl methyl sites for hydroxylation is 1. The first kappa shape index (κ1) is 20.2. The average molecular weight is 423 g/mol. The van der Waals surface area contributed by atoms with Crippen molar-refractivity contribution in [2.24, 2.45) is 0 Å². The van der Waals surface area contributed by atoms with Gasteiger partial charge in [0.05, 0.1) is 14.2 Å². The Labute approximate surface area is 188 Å². The van der Waals surface area contributed by atoms with Gasteiger partial charge in [-0.05, 0) is 60.7 Å². The number of methoxy groups -OCH3 is 2. The van der Waals surface area contributed by atoms with Gasteiger partial charge in [0.2, 0.25) is 0 Å². The molecule has 0 aliphatic carbocycles. The summed E-state index contributed by atoms with van der Waals surface area (Å²) in [7, 11) is 3.36. The van der Waals surface area contributed by atoms with Crippen molar-refractivity contribution < 1.29 is 14.2 Å². The quantitative estimate of drug-likeness (QED) is 0.361. The lowest BCUT2D eigenvalue weighted by Crippen LogP contribution is -2.34. The summed E-state index contributed by atoms with van der Waals surface area (Å²) in [5.41, 5.74) is 4.97. The molecule has 3 heteroatoms. The van der Waals surface area contributed by atoms with Crippen molar-refractivity contribution in [3.05, 3.63) is 107 Å². The fraction of sp³-hybridized carbons (Fsp3) is 0.172. The maximum Gasteiger partial charge on any atom is 0.178 e. The topological polar surface area (TPSA) is 27.7 Å². The summed E-state index contributed by atoms with van der Waals surface area (Å²) in [5, 5.41) is 2.35. The third kappa shape index (κ3) is 3.04. The molecular formula is C29H26O3. The van der Waals surface area contributed by atoms with Crippen LogP contribution in [0.2, 0.25) is 0 Å². The monoisotopic (exact) mass is 422 g/mol. The number of benzene rings is 4. The number of hydrogen-bond acceptors (Lipinski definition) is 3. The Morgan fingerprint density at radius 1 is 0.656 bits per heavy atom. The summed E-state index contributed by atoms with van der Waals surface area (Å²) in [5.74, 6) is 2.55. The van der Waals surface area contributed by atoms with E-state index in [9.17, 15) is 0 Å². The molecule has 0 aromatic heterocycles. The lowest BCUT2D eigenvalue weighted by molar-refractivity contribution is 0.163. The van der Waals surface area contributed by atoms with Crippen molar-refractivity contribution in [2.75, 3.05) is 14.2 Å². The van der Waals surface area contributed by atoms with Crippen molar-refractivity contribution in [1.82, 2.24) is 0 Å². The molecule has 0 radical (unpaired) electrons. The second-order valence-corrected chi connectivity index (χ2v) is 8.17. The van der Waals surface area contributed by atoms with Crippen LogP contribution in [0.5, 0.6) is 17.2 Å².